The number of hydrogen-bond acceptors (Lipinski definition) is 4. The first-order valence-electron chi connectivity index (χ1n) is 6.20. The van der Waals surface area contributed by atoms with Gasteiger partial charge in [-0.25, -0.2) is 4.39 Å². The van der Waals surface area contributed by atoms with Gasteiger partial charge in [0.25, 0.3) is 5.69 Å². The van der Waals surface area contributed by atoms with Crippen molar-refractivity contribution < 1.29 is 14.4 Å². The third-order valence-corrected chi connectivity index (χ3v) is 3.04. The van der Waals surface area contributed by atoms with Gasteiger partial charge >= 0.3 is 0 Å². The van der Waals surface area contributed by atoms with Gasteiger partial charge in [-0.2, -0.15) is 0 Å². The van der Waals surface area contributed by atoms with Crippen molar-refractivity contribution in [2.75, 3.05) is 5.32 Å². The van der Waals surface area contributed by atoms with Crippen molar-refractivity contribution in [2.45, 2.75) is 6.54 Å². The number of benzene rings is 2. The topological polar surface area (TPSA) is 90.3 Å². The molecule has 0 bridgehead atoms. The normalized spacial score (nSPS) is 10.0. The monoisotopic (exact) mass is 320 g/mol. The zero-order valence-corrected chi connectivity index (χ0v) is 12.0. The summed E-state index contributed by atoms with van der Waals surface area (Å²) in [5, 5.41) is 28.1. The first-order valence-corrected chi connectivity index (χ1v) is 6.61. The highest BCUT2D eigenvalue weighted by Gasteiger charge is 2.07. The van der Waals surface area contributed by atoms with Gasteiger partial charge in [-0.15, -0.1) is 5.75 Å². The molecule has 0 radical (unpaired) electrons. The van der Waals surface area contributed by atoms with E-state index in [-0.39, 0.29) is 34.5 Å². The molecule has 0 saturated carbocycles. The number of nitrogens with zero attached hydrogens (tertiary/aromatic N) is 1. The molecule has 2 aromatic rings. The van der Waals surface area contributed by atoms with E-state index >= 15 is 0 Å². The Labute approximate surface area is 130 Å². The smallest absolute Gasteiger partial charge is 0.269 e. The van der Waals surface area contributed by atoms with Gasteiger partial charge in [-0.05, 0) is 42.0 Å². The van der Waals surface area contributed by atoms with Gasteiger partial charge in [-0.3, -0.25) is 10.1 Å². The third kappa shape index (κ3) is 4.13. The van der Waals surface area contributed by atoms with E-state index < -0.39 is 4.92 Å². The molecule has 114 valence electrons. The van der Waals surface area contributed by atoms with Crippen molar-refractivity contribution in [3.63, 3.8) is 0 Å². The number of nitrogens with one attached hydrogen (secondary N) is 2. The Hall–Kier alpha value is -2.74. The van der Waals surface area contributed by atoms with Crippen LogP contribution < -0.4 is 15.7 Å². The van der Waals surface area contributed by atoms with Crippen LogP contribution in [-0.2, 0) is 6.54 Å². The van der Waals surface area contributed by atoms with Crippen LogP contribution in [0, 0.1) is 15.9 Å². The number of non-ortho nitro benzene ring substituents is 1. The maximum Gasteiger partial charge on any atom is 0.269 e. The second kappa shape index (κ2) is 6.81. The summed E-state index contributed by atoms with van der Waals surface area (Å²) in [5.41, 5.74) is 0.659. The minimum absolute atomic E-state index is 0.0491. The van der Waals surface area contributed by atoms with E-state index in [9.17, 15) is 19.6 Å². The molecule has 0 fully saturated rings. The van der Waals surface area contributed by atoms with E-state index in [1.807, 2.05) is 0 Å². The Kier molecular flexibility index (Phi) is 4.84. The number of anilines is 1. The number of rotatable bonds is 4. The average molecular weight is 320 g/mol. The molecule has 0 saturated heterocycles. The van der Waals surface area contributed by atoms with Gasteiger partial charge in [0, 0.05) is 24.4 Å². The van der Waals surface area contributed by atoms with Crippen LogP contribution in [-0.4, -0.2) is 10.0 Å². The molecule has 6 nitrogen and oxygen atoms in total. The molecule has 0 aliphatic heterocycles. The quantitative estimate of drug-likeness (QED) is 0.510. The van der Waals surface area contributed by atoms with Crippen molar-refractivity contribution in [3.05, 3.63) is 64.0 Å². The maximum atomic E-state index is 12.8. The molecule has 0 heterocycles. The van der Waals surface area contributed by atoms with Crippen LogP contribution in [0.25, 0.3) is 0 Å². The molecule has 8 heteroatoms. The number of hydrogen-bond donors (Lipinski definition) is 2. The molecule has 0 amide bonds. The van der Waals surface area contributed by atoms with E-state index in [0.29, 0.717) is 5.69 Å². The summed E-state index contributed by atoms with van der Waals surface area (Å²) >= 11 is 5.04. The molecule has 0 unspecified atom stereocenters. The van der Waals surface area contributed by atoms with Crippen LogP contribution in [0.1, 0.15) is 5.56 Å². The van der Waals surface area contributed by atoms with Gasteiger partial charge in [0.1, 0.15) is 5.82 Å². The lowest BCUT2D eigenvalue weighted by atomic mass is 10.2. The van der Waals surface area contributed by atoms with E-state index in [1.165, 1.54) is 30.3 Å². The van der Waals surface area contributed by atoms with E-state index in [1.54, 1.807) is 0 Å². The molecule has 0 aliphatic rings. The SMILES string of the molecule is O=[N+]([O-])c1ccc([O-])c(CNC(=S)Nc2ccc(F)cc2)c1. The van der Waals surface area contributed by atoms with Crippen LogP contribution in [0.4, 0.5) is 15.8 Å². The predicted molar refractivity (Wildman–Crippen MR) is 82.0 cm³/mol. The summed E-state index contributed by atoms with van der Waals surface area (Å²) in [6, 6.07) is 9.08. The Balaban J connectivity index is 1.97. The molecule has 2 rings (SSSR count). The zero-order chi connectivity index (χ0) is 16.1. The minimum atomic E-state index is -0.571. The van der Waals surface area contributed by atoms with Crippen LogP contribution in [0.3, 0.4) is 0 Å². The van der Waals surface area contributed by atoms with E-state index in [2.05, 4.69) is 10.6 Å². The lowest BCUT2D eigenvalue weighted by molar-refractivity contribution is -0.385. The van der Waals surface area contributed by atoms with Crippen molar-refractivity contribution in [2.24, 2.45) is 0 Å². The number of thiocarbonyl (C=S) groups is 1. The fourth-order valence-electron chi connectivity index (χ4n) is 1.70. The van der Waals surface area contributed by atoms with Crippen LogP contribution in [0.5, 0.6) is 5.75 Å². The zero-order valence-electron chi connectivity index (χ0n) is 11.2. The highest BCUT2D eigenvalue weighted by Crippen LogP contribution is 2.20. The molecule has 0 atom stereocenters. The van der Waals surface area contributed by atoms with Crippen molar-refractivity contribution in [3.8, 4) is 5.75 Å². The summed E-state index contributed by atoms with van der Waals surface area (Å²) < 4.78 is 12.8. The Morgan fingerprint density at radius 1 is 1.23 bits per heavy atom. The van der Waals surface area contributed by atoms with Gasteiger partial charge in [0.2, 0.25) is 0 Å². The molecule has 0 spiro atoms. The molecular weight excluding hydrogens is 309 g/mol. The highest BCUT2D eigenvalue weighted by atomic mass is 32.1. The van der Waals surface area contributed by atoms with Crippen LogP contribution >= 0.6 is 12.2 Å². The molecule has 0 aromatic heterocycles. The Morgan fingerprint density at radius 2 is 1.91 bits per heavy atom. The fourth-order valence-corrected chi connectivity index (χ4v) is 1.89. The largest absolute Gasteiger partial charge is 0.872 e. The van der Waals surface area contributed by atoms with Gasteiger partial charge in [0.15, 0.2) is 5.11 Å². The van der Waals surface area contributed by atoms with Gasteiger partial charge in [-0.1, -0.05) is 6.07 Å². The summed E-state index contributed by atoms with van der Waals surface area (Å²) in [6.07, 6.45) is 0. The standard InChI is InChI=1S/C14H12FN3O3S/c15-10-1-3-11(4-2-10)17-14(22)16-8-9-7-12(18(20)21)5-6-13(9)19/h1-7,19H,8H2,(H2,16,17,22)/p-1. The van der Waals surface area contributed by atoms with Gasteiger partial charge in [0.05, 0.1) is 4.92 Å². The van der Waals surface area contributed by atoms with Crippen LogP contribution in [0.15, 0.2) is 42.5 Å². The molecule has 0 aliphatic carbocycles. The highest BCUT2D eigenvalue weighted by molar-refractivity contribution is 7.80. The lowest BCUT2D eigenvalue weighted by Crippen LogP contribution is -2.28. The van der Waals surface area contributed by atoms with Crippen molar-refractivity contribution in [1.82, 2.24) is 5.32 Å². The number of nitro benzene ring substituents is 1. The summed E-state index contributed by atoms with van der Waals surface area (Å²) in [5.74, 6) is -0.681. The molecular formula is C14H11FN3O3S-. The Bertz CT molecular complexity index is 707. The maximum absolute atomic E-state index is 12.8. The first-order chi connectivity index (χ1) is 10.5. The van der Waals surface area contributed by atoms with Crippen LogP contribution in [0.2, 0.25) is 0 Å². The molecule has 22 heavy (non-hydrogen) atoms. The van der Waals surface area contributed by atoms with Crippen molar-refractivity contribution in [1.29, 1.82) is 0 Å². The minimum Gasteiger partial charge on any atom is -0.872 e. The second-order valence-corrected chi connectivity index (χ2v) is 4.77. The van der Waals surface area contributed by atoms with E-state index in [0.717, 1.165) is 12.1 Å². The lowest BCUT2D eigenvalue weighted by Gasteiger charge is -2.15. The van der Waals surface area contributed by atoms with E-state index in [4.69, 9.17) is 12.2 Å². The molecule has 2 aromatic carbocycles. The fraction of sp³-hybridized carbons (Fsp3) is 0.0714. The average Bonchev–Trinajstić information content (AvgIpc) is 2.48. The number of halogens is 1. The number of nitro groups is 1. The summed E-state index contributed by atoms with van der Waals surface area (Å²) in [7, 11) is 0. The van der Waals surface area contributed by atoms with Gasteiger partial charge < -0.3 is 15.7 Å². The first kappa shape index (κ1) is 15.6. The summed E-state index contributed by atoms with van der Waals surface area (Å²) in [4.78, 5) is 10.1. The van der Waals surface area contributed by atoms with Crippen molar-refractivity contribution >= 4 is 28.7 Å². The summed E-state index contributed by atoms with van der Waals surface area (Å²) in [6.45, 7) is 0.0491. The predicted octanol–water partition coefficient (Wildman–Crippen LogP) is 2.29. The Morgan fingerprint density at radius 3 is 2.55 bits per heavy atom. The second-order valence-electron chi connectivity index (χ2n) is 4.36. The third-order valence-electron chi connectivity index (χ3n) is 2.80. The molecule has 2 N–H and O–H groups in total.